The predicted molar refractivity (Wildman–Crippen MR) is 73.5 cm³/mol. The van der Waals surface area contributed by atoms with Crippen LogP contribution in [0.1, 0.15) is 12.0 Å². The molecule has 1 aromatic carbocycles. The molecule has 5 nitrogen and oxygen atoms in total. The summed E-state index contributed by atoms with van der Waals surface area (Å²) in [5.74, 6) is -0.996. The highest BCUT2D eigenvalue weighted by Crippen LogP contribution is 2.18. The molecule has 5 heteroatoms. The first-order chi connectivity index (χ1) is 9.54. The number of carbonyl (C=O) groups is 2. The van der Waals surface area contributed by atoms with Gasteiger partial charge in [0.25, 0.3) is 5.91 Å². The van der Waals surface area contributed by atoms with E-state index in [4.69, 9.17) is 9.84 Å². The molecular formula is C15H17NO4. The number of aliphatic carboxylic acids is 1. The van der Waals surface area contributed by atoms with Crippen LogP contribution in [0, 0.1) is 12.8 Å². The van der Waals surface area contributed by atoms with Crippen molar-refractivity contribution in [2.75, 3.05) is 6.61 Å². The van der Waals surface area contributed by atoms with Gasteiger partial charge in [0.1, 0.15) is 5.75 Å². The Bertz CT molecular complexity index is 538. The molecule has 1 amide bonds. The van der Waals surface area contributed by atoms with Crippen molar-refractivity contribution in [1.82, 2.24) is 5.32 Å². The second kappa shape index (κ2) is 6.23. The van der Waals surface area contributed by atoms with E-state index in [1.807, 2.05) is 25.1 Å². The summed E-state index contributed by atoms with van der Waals surface area (Å²) in [6, 6.07) is 7.21. The Kier molecular flexibility index (Phi) is 4.40. The van der Waals surface area contributed by atoms with Gasteiger partial charge in [-0.15, -0.1) is 0 Å². The predicted octanol–water partition coefficient (Wildman–Crippen LogP) is 1.52. The highest BCUT2D eigenvalue weighted by atomic mass is 16.5. The summed E-state index contributed by atoms with van der Waals surface area (Å²) >= 11 is 0. The van der Waals surface area contributed by atoms with Crippen LogP contribution < -0.4 is 10.1 Å². The monoisotopic (exact) mass is 275 g/mol. The van der Waals surface area contributed by atoms with E-state index in [1.165, 1.54) is 0 Å². The highest BCUT2D eigenvalue weighted by molar-refractivity contribution is 5.79. The molecular weight excluding hydrogens is 258 g/mol. The summed E-state index contributed by atoms with van der Waals surface area (Å²) in [6.45, 7) is 1.87. The minimum atomic E-state index is -0.867. The van der Waals surface area contributed by atoms with E-state index in [-0.39, 0.29) is 18.6 Å². The van der Waals surface area contributed by atoms with Gasteiger partial charge in [-0.05, 0) is 31.0 Å². The maximum Gasteiger partial charge on any atom is 0.310 e. The van der Waals surface area contributed by atoms with E-state index >= 15 is 0 Å². The number of benzene rings is 1. The van der Waals surface area contributed by atoms with Gasteiger partial charge in [0.05, 0.1) is 5.92 Å². The van der Waals surface area contributed by atoms with Crippen molar-refractivity contribution in [3.63, 3.8) is 0 Å². The molecule has 2 rings (SSSR count). The molecule has 0 aliphatic heterocycles. The van der Waals surface area contributed by atoms with Crippen LogP contribution >= 0.6 is 0 Å². The van der Waals surface area contributed by atoms with Crippen LogP contribution in [0.5, 0.6) is 5.75 Å². The second-order valence-corrected chi connectivity index (χ2v) is 4.84. The number of carboxylic acids is 1. The Labute approximate surface area is 117 Å². The topological polar surface area (TPSA) is 75.6 Å². The normalized spacial score (nSPS) is 20.6. The van der Waals surface area contributed by atoms with Gasteiger partial charge < -0.3 is 15.2 Å². The minimum Gasteiger partial charge on any atom is -0.484 e. The number of ether oxygens (including phenoxy) is 1. The number of carbonyl (C=O) groups excluding carboxylic acids is 1. The van der Waals surface area contributed by atoms with E-state index in [1.54, 1.807) is 18.2 Å². The molecule has 0 aromatic heterocycles. The van der Waals surface area contributed by atoms with Gasteiger partial charge in [0, 0.05) is 6.04 Å². The van der Waals surface area contributed by atoms with Crippen molar-refractivity contribution >= 4 is 11.9 Å². The van der Waals surface area contributed by atoms with Gasteiger partial charge in [0.15, 0.2) is 6.61 Å². The summed E-state index contributed by atoms with van der Waals surface area (Å²) in [5, 5.41) is 11.6. The van der Waals surface area contributed by atoms with Crippen LogP contribution in [0.25, 0.3) is 0 Å². The lowest BCUT2D eigenvalue weighted by Gasteiger charge is -2.13. The summed E-state index contributed by atoms with van der Waals surface area (Å²) in [7, 11) is 0. The Hall–Kier alpha value is -2.30. The first-order valence-corrected chi connectivity index (χ1v) is 6.44. The lowest BCUT2D eigenvalue weighted by molar-refractivity contribution is -0.140. The highest BCUT2D eigenvalue weighted by Gasteiger charge is 2.25. The van der Waals surface area contributed by atoms with Gasteiger partial charge in [0.2, 0.25) is 0 Å². The molecule has 1 aliphatic rings. The Morgan fingerprint density at radius 3 is 2.85 bits per heavy atom. The fourth-order valence-electron chi connectivity index (χ4n) is 2.09. The van der Waals surface area contributed by atoms with Gasteiger partial charge in [-0.1, -0.05) is 24.3 Å². The number of rotatable bonds is 5. The average Bonchev–Trinajstić information content (AvgIpc) is 2.85. The van der Waals surface area contributed by atoms with Gasteiger partial charge in [-0.3, -0.25) is 9.59 Å². The molecule has 2 unspecified atom stereocenters. The second-order valence-electron chi connectivity index (χ2n) is 4.84. The molecule has 0 saturated heterocycles. The fourth-order valence-corrected chi connectivity index (χ4v) is 2.09. The molecule has 2 N–H and O–H groups in total. The number of hydrogen-bond donors (Lipinski definition) is 2. The minimum absolute atomic E-state index is 0.0778. The number of hydrogen-bond acceptors (Lipinski definition) is 3. The molecule has 20 heavy (non-hydrogen) atoms. The maximum atomic E-state index is 11.7. The average molecular weight is 275 g/mol. The lowest BCUT2D eigenvalue weighted by atomic mass is 10.1. The van der Waals surface area contributed by atoms with E-state index < -0.39 is 11.9 Å². The third kappa shape index (κ3) is 3.85. The van der Waals surface area contributed by atoms with E-state index in [2.05, 4.69) is 5.32 Å². The van der Waals surface area contributed by atoms with Crippen molar-refractivity contribution < 1.29 is 19.4 Å². The van der Waals surface area contributed by atoms with Crippen LogP contribution in [0.2, 0.25) is 0 Å². The molecule has 0 spiro atoms. The quantitative estimate of drug-likeness (QED) is 0.799. The van der Waals surface area contributed by atoms with Crippen LogP contribution in [-0.2, 0) is 9.59 Å². The largest absolute Gasteiger partial charge is 0.484 e. The van der Waals surface area contributed by atoms with Gasteiger partial charge >= 0.3 is 5.97 Å². The van der Waals surface area contributed by atoms with Crippen molar-refractivity contribution in [3.05, 3.63) is 42.0 Å². The van der Waals surface area contributed by atoms with Crippen molar-refractivity contribution in [2.24, 2.45) is 5.92 Å². The summed E-state index contributed by atoms with van der Waals surface area (Å²) < 4.78 is 5.38. The van der Waals surface area contributed by atoms with Crippen molar-refractivity contribution in [3.8, 4) is 5.75 Å². The zero-order valence-corrected chi connectivity index (χ0v) is 11.2. The Balaban J connectivity index is 1.77. The SMILES string of the molecule is Cc1cccc(OCC(=O)NC2C=CC(C(=O)O)C2)c1. The Morgan fingerprint density at radius 1 is 1.40 bits per heavy atom. The number of aryl methyl sites for hydroxylation is 1. The summed E-state index contributed by atoms with van der Waals surface area (Å²) in [6.07, 6.45) is 3.71. The first kappa shape index (κ1) is 14.1. The molecule has 106 valence electrons. The van der Waals surface area contributed by atoms with Crippen molar-refractivity contribution in [2.45, 2.75) is 19.4 Å². The zero-order chi connectivity index (χ0) is 14.5. The molecule has 1 aromatic rings. The lowest BCUT2D eigenvalue weighted by Crippen LogP contribution is -2.36. The molecule has 0 fully saturated rings. The number of nitrogens with one attached hydrogen (secondary N) is 1. The molecule has 0 saturated carbocycles. The van der Waals surface area contributed by atoms with Gasteiger partial charge in [-0.25, -0.2) is 0 Å². The number of carboxylic acid groups (broad SMARTS) is 1. The van der Waals surface area contributed by atoms with E-state index in [9.17, 15) is 9.59 Å². The van der Waals surface area contributed by atoms with Crippen LogP contribution in [0.15, 0.2) is 36.4 Å². The molecule has 0 heterocycles. The smallest absolute Gasteiger partial charge is 0.310 e. The first-order valence-electron chi connectivity index (χ1n) is 6.44. The Morgan fingerprint density at radius 2 is 2.20 bits per heavy atom. The maximum absolute atomic E-state index is 11.7. The van der Waals surface area contributed by atoms with Crippen LogP contribution in [0.4, 0.5) is 0 Å². The molecule has 1 aliphatic carbocycles. The van der Waals surface area contributed by atoms with Crippen LogP contribution in [0.3, 0.4) is 0 Å². The summed E-state index contributed by atoms with van der Waals surface area (Å²) in [4.78, 5) is 22.5. The number of amides is 1. The zero-order valence-electron chi connectivity index (χ0n) is 11.2. The molecule has 0 radical (unpaired) electrons. The summed E-state index contributed by atoms with van der Waals surface area (Å²) in [5.41, 5.74) is 1.06. The fraction of sp³-hybridized carbons (Fsp3) is 0.333. The van der Waals surface area contributed by atoms with Crippen LogP contribution in [-0.4, -0.2) is 29.6 Å². The van der Waals surface area contributed by atoms with E-state index in [0.717, 1.165) is 5.56 Å². The van der Waals surface area contributed by atoms with E-state index in [0.29, 0.717) is 12.2 Å². The third-order valence-corrected chi connectivity index (χ3v) is 3.11. The molecule has 0 bridgehead atoms. The van der Waals surface area contributed by atoms with Crippen molar-refractivity contribution in [1.29, 1.82) is 0 Å². The van der Waals surface area contributed by atoms with Gasteiger partial charge in [-0.2, -0.15) is 0 Å². The molecule has 2 atom stereocenters. The standard InChI is InChI=1S/C15H17NO4/c1-10-3-2-4-13(7-10)20-9-14(17)16-12-6-5-11(8-12)15(18)19/h2-7,11-12H,8-9H2,1H3,(H,16,17)(H,18,19). The third-order valence-electron chi connectivity index (χ3n) is 3.11.